The summed E-state index contributed by atoms with van der Waals surface area (Å²) in [5.41, 5.74) is 2.80. The maximum absolute atomic E-state index is 13.5. The summed E-state index contributed by atoms with van der Waals surface area (Å²) in [6.45, 7) is 10.7. The molecule has 0 radical (unpaired) electrons. The van der Waals surface area contributed by atoms with Crippen LogP contribution in [-0.4, -0.2) is 52.0 Å². The molecular formula is C24H30O7. The Hall–Kier alpha value is -2.19. The maximum Gasteiger partial charge on any atom is 0.300 e. The van der Waals surface area contributed by atoms with Gasteiger partial charge in [0, 0.05) is 41.7 Å². The first-order valence-corrected chi connectivity index (χ1v) is 10.6. The summed E-state index contributed by atoms with van der Waals surface area (Å²) in [6.07, 6.45) is 0.577. The van der Waals surface area contributed by atoms with Crippen LogP contribution < -0.4 is 4.74 Å². The van der Waals surface area contributed by atoms with Crippen molar-refractivity contribution in [3.05, 3.63) is 39.5 Å². The van der Waals surface area contributed by atoms with Gasteiger partial charge in [0.15, 0.2) is 5.78 Å². The molecule has 0 unspecified atom stereocenters. The lowest BCUT2D eigenvalue weighted by Crippen LogP contribution is -2.65. The van der Waals surface area contributed by atoms with Gasteiger partial charge in [-0.2, -0.15) is 0 Å². The van der Waals surface area contributed by atoms with Gasteiger partial charge in [-0.25, -0.2) is 0 Å². The summed E-state index contributed by atoms with van der Waals surface area (Å²) in [7, 11) is 1.35. The van der Waals surface area contributed by atoms with Crippen LogP contribution in [0, 0.1) is 12.8 Å². The Balaban J connectivity index is 2.04. The van der Waals surface area contributed by atoms with E-state index >= 15 is 0 Å². The predicted octanol–water partition coefficient (Wildman–Crippen LogP) is 2.95. The number of carbonyl (C=O) groups is 1. The van der Waals surface area contributed by atoms with Gasteiger partial charge in [-0.15, -0.1) is 0 Å². The fraction of sp³-hybridized carbons (Fsp3) is 0.542. The molecule has 1 fully saturated rings. The Kier molecular flexibility index (Phi) is 4.90. The number of ketones is 1. The predicted molar refractivity (Wildman–Crippen MR) is 114 cm³/mol. The van der Waals surface area contributed by atoms with E-state index in [1.54, 1.807) is 26.8 Å². The highest BCUT2D eigenvalue weighted by Gasteiger charge is 2.70. The van der Waals surface area contributed by atoms with Crippen LogP contribution >= 0.6 is 0 Å². The topological polar surface area (TPSA) is 105 Å². The molecule has 1 aliphatic carbocycles. The molecular weight excluding hydrogens is 400 g/mol. The summed E-state index contributed by atoms with van der Waals surface area (Å²) in [4.78, 5) is 13.5. The number of aliphatic hydroxyl groups is 2. The molecule has 3 N–H and O–H groups in total. The van der Waals surface area contributed by atoms with Gasteiger partial charge in [-0.1, -0.05) is 13.8 Å². The number of hydrogen-bond donors (Lipinski definition) is 3. The van der Waals surface area contributed by atoms with Crippen molar-refractivity contribution in [1.82, 2.24) is 0 Å². The molecule has 0 saturated carbocycles. The first kappa shape index (κ1) is 22.0. The van der Waals surface area contributed by atoms with E-state index in [-0.39, 0.29) is 40.8 Å². The third-order valence-electron chi connectivity index (χ3n) is 7.29. The average Bonchev–Trinajstić information content (AvgIpc) is 2.95. The van der Waals surface area contributed by atoms with Crippen LogP contribution in [0.15, 0.2) is 22.8 Å². The lowest BCUT2D eigenvalue weighted by Gasteiger charge is -2.49. The van der Waals surface area contributed by atoms with Gasteiger partial charge in [0.1, 0.15) is 11.5 Å². The highest BCUT2D eigenvalue weighted by Crippen LogP contribution is 2.57. The van der Waals surface area contributed by atoms with Gasteiger partial charge in [0.2, 0.25) is 0 Å². The highest BCUT2D eigenvalue weighted by atomic mass is 16.8. The van der Waals surface area contributed by atoms with Crippen molar-refractivity contribution in [2.45, 2.75) is 71.2 Å². The molecule has 168 valence electrons. The van der Waals surface area contributed by atoms with Gasteiger partial charge >= 0.3 is 0 Å². The standard InChI is InChI=1S/C24H30O7/c1-10(14(5)25)20-12(3)18(26)9-19-16(20)8-17-22(27)13(4)21-11(2)15(6)30-23(21,28)24(17,29-7)31-19/h8-11,14-15,25-26,28H,1-7H3/t10-,11-,14-,15-,23-,24-/m1/s1. The Morgan fingerprint density at radius 2 is 1.87 bits per heavy atom. The van der Waals surface area contributed by atoms with Crippen LogP contribution in [0.25, 0.3) is 6.08 Å². The second kappa shape index (κ2) is 6.90. The number of aromatic hydroxyl groups is 1. The number of benzene rings is 1. The molecule has 2 aliphatic heterocycles. The van der Waals surface area contributed by atoms with Crippen molar-refractivity contribution in [3.8, 4) is 11.5 Å². The molecule has 0 bridgehead atoms. The largest absolute Gasteiger partial charge is 0.508 e. The van der Waals surface area contributed by atoms with Crippen LogP contribution in [0.3, 0.4) is 0 Å². The number of hydrogen-bond acceptors (Lipinski definition) is 7. The van der Waals surface area contributed by atoms with Crippen LogP contribution in [0.4, 0.5) is 0 Å². The number of rotatable bonds is 3. The fourth-order valence-corrected chi connectivity index (χ4v) is 5.20. The number of aliphatic hydroxyl groups excluding tert-OH is 1. The molecule has 7 heteroatoms. The average molecular weight is 430 g/mol. The van der Waals surface area contributed by atoms with E-state index in [9.17, 15) is 20.1 Å². The fourth-order valence-electron chi connectivity index (χ4n) is 5.20. The summed E-state index contributed by atoms with van der Waals surface area (Å²) >= 11 is 0. The summed E-state index contributed by atoms with van der Waals surface area (Å²) in [5.74, 6) is -4.54. The van der Waals surface area contributed by atoms with Crippen LogP contribution in [0.1, 0.15) is 57.2 Å². The Morgan fingerprint density at radius 1 is 1.23 bits per heavy atom. The second-order valence-electron chi connectivity index (χ2n) is 8.98. The van der Waals surface area contributed by atoms with Crippen molar-refractivity contribution in [2.24, 2.45) is 5.92 Å². The minimum absolute atomic E-state index is 0.0144. The van der Waals surface area contributed by atoms with Crippen LogP contribution in [-0.2, 0) is 14.3 Å². The number of ether oxygens (including phenoxy) is 3. The molecule has 1 saturated heterocycles. The first-order chi connectivity index (χ1) is 14.4. The Morgan fingerprint density at radius 3 is 2.45 bits per heavy atom. The lowest BCUT2D eigenvalue weighted by molar-refractivity contribution is -0.329. The molecule has 2 heterocycles. The van der Waals surface area contributed by atoms with Crippen molar-refractivity contribution < 1.29 is 34.3 Å². The number of phenols is 1. The van der Waals surface area contributed by atoms with E-state index in [1.807, 2.05) is 20.8 Å². The normalized spacial score (nSPS) is 33.8. The first-order valence-electron chi connectivity index (χ1n) is 10.6. The van der Waals surface area contributed by atoms with Crippen molar-refractivity contribution in [3.63, 3.8) is 0 Å². The van der Waals surface area contributed by atoms with E-state index in [0.717, 1.165) is 0 Å². The monoisotopic (exact) mass is 430 g/mol. The zero-order chi connectivity index (χ0) is 23.0. The molecule has 6 atom stereocenters. The van der Waals surface area contributed by atoms with Crippen LogP contribution in [0.5, 0.6) is 11.5 Å². The SMILES string of the molecule is CO[C@@]12Oc3cc(O)c(C)c([C@H](C)[C@@H](C)O)c3C=C1C(=O)C(C)=C1[C@H](C)[C@@H](C)O[C@]12O. The Labute approximate surface area is 181 Å². The molecule has 1 aromatic rings. The van der Waals surface area contributed by atoms with Gasteiger partial charge in [-0.3, -0.25) is 4.79 Å². The van der Waals surface area contributed by atoms with Gasteiger partial charge in [0.25, 0.3) is 11.6 Å². The number of Topliss-reactive ketones (excluding diaryl/α,β-unsaturated/α-hetero) is 1. The van der Waals surface area contributed by atoms with Gasteiger partial charge in [0.05, 0.1) is 17.8 Å². The third kappa shape index (κ3) is 2.64. The number of allylic oxidation sites excluding steroid dienone is 1. The molecule has 31 heavy (non-hydrogen) atoms. The zero-order valence-electron chi connectivity index (χ0n) is 18.9. The summed E-state index contributed by atoms with van der Waals surface area (Å²) < 4.78 is 18.0. The molecule has 7 nitrogen and oxygen atoms in total. The van der Waals surface area contributed by atoms with Crippen molar-refractivity contribution in [2.75, 3.05) is 7.11 Å². The van der Waals surface area contributed by atoms with Gasteiger partial charge in [-0.05, 0) is 44.9 Å². The molecule has 0 aromatic heterocycles. The van der Waals surface area contributed by atoms with E-state index in [1.165, 1.54) is 13.2 Å². The van der Waals surface area contributed by atoms with E-state index < -0.39 is 17.7 Å². The maximum atomic E-state index is 13.5. The quantitative estimate of drug-likeness (QED) is 0.677. The minimum atomic E-state index is -2.00. The summed E-state index contributed by atoms with van der Waals surface area (Å²) in [6, 6.07) is 1.44. The zero-order valence-corrected chi connectivity index (χ0v) is 18.9. The molecule has 0 amide bonds. The number of phenolic OH excluding ortho intramolecular Hbond substituents is 1. The van der Waals surface area contributed by atoms with E-state index in [0.29, 0.717) is 27.8 Å². The van der Waals surface area contributed by atoms with E-state index in [2.05, 4.69) is 0 Å². The van der Waals surface area contributed by atoms with Gasteiger partial charge < -0.3 is 29.5 Å². The molecule has 1 aromatic carbocycles. The van der Waals surface area contributed by atoms with Crippen molar-refractivity contribution in [1.29, 1.82) is 0 Å². The third-order valence-corrected chi connectivity index (χ3v) is 7.29. The highest BCUT2D eigenvalue weighted by molar-refractivity contribution is 6.14. The lowest BCUT2D eigenvalue weighted by atomic mass is 9.72. The molecule has 3 aliphatic rings. The second-order valence-corrected chi connectivity index (χ2v) is 8.98. The number of methoxy groups -OCH3 is 1. The Bertz CT molecular complexity index is 1040. The van der Waals surface area contributed by atoms with Crippen molar-refractivity contribution >= 4 is 11.9 Å². The minimum Gasteiger partial charge on any atom is -0.508 e. The smallest absolute Gasteiger partial charge is 0.300 e. The summed E-state index contributed by atoms with van der Waals surface area (Å²) in [5, 5.41) is 32.6. The number of fused-ring (bicyclic) bond motifs is 4. The number of carbonyl (C=O) groups excluding carboxylic acids is 1. The van der Waals surface area contributed by atoms with Crippen LogP contribution in [0.2, 0.25) is 0 Å². The molecule has 4 rings (SSSR count). The van der Waals surface area contributed by atoms with E-state index in [4.69, 9.17) is 14.2 Å². The molecule has 0 spiro atoms.